The van der Waals surface area contributed by atoms with Crippen molar-refractivity contribution in [1.29, 1.82) is 0 Å². The van der Waals surface area contributed by atoms with E-state index in [1.54, 1.807) is 0 Å². The molecule has 0 aliphatic heterocycles. The maximum Gasteiger partial charge on any atom is 0.573 e. The Hall–Kier alpha value is -4.51. The molecule has 0 aliphatic rings. The fourth-order valence-corrected chi connectivity index (χ4v) is 5.70. The zero-order chi connectivity index (χ0) is 30.0. The van der Waals surface area contributed by atoms with Gasteiger partial charge in [-0.25, -0.2) is 9.67 Å². The standard InChI is InChI=1S/C31H28F3N5O2S/c1-19-15-20(2)28(21(3)16-19)39-22(4)17-42-30(39)36-27(40)14-7-23-5-8-24(9-6-23)29-35-18-38(37-29)25-10-12-26(13-11-25)41-31(32,33)34/h5-6,8-13,15-18H,7,14H2,1-4H3. The molecular weight excluding hydrogens is 563 g/mol. The van der Waals surface area contributed by atoms with Gasteiger partial charge >= 0.3 is 6.36 Å². The number of ether oxygens (including phenoxy) is 1. The Morgan fingerprint density at radius 1 is 0.976 bits per heavy atom. The summed E-state index contributed by atoms with van der Waals surface area (Å²) in [5.41, 5.74) is 7.83. The monoisotopic (exact) mass is 591 g/mol. The first-order valence-electron chi connectivity index (χ1n) is 13.2. The van der Waals surface area contributed by atoms with Crippen molar-refractivity contribution >= 4 is 17.2 Å². The first-order valence-corrected chi connectivity index (χ1v) is 14.0. The van der Waals surface area contributed by atoms with Crippen LogP contribution in [0.1, 0.15) is 34.4 Å². The molecule has 2 aromatic heterocycles. The molecule has 5 rings (SSSR count). The van der Waals surface area contributed by atoms with E-state index in [-0.39, 0.29) is 18.1 Å². The van der Waals surface area contributed by atoms with Gasteiger partial charge in [0, 0.05) is 23.1 Å². The van der Waals surface area contributed by atoms with Crippen molar-refractivity contribution in [3.05, 3.63) is 105 Å². The van der Waals surface area contributed by atoms with Crippen LogP contribution in [-0.4, -0.2) is 31.6 Å². The van der Waals surface area contributed by atoms with Gasteiger partial charge in [-0.15, -0.1) is 29.6 Å². The normalized spacial score (nSPS) is 12.1. The summed E-state index contributed by atoms with van der Waals surface area (Å²) in [4.78, 5) is 22.3. The third kappa shape index (κ3) is 6.68. The minimum atomic E-state index is -4.75. The lowest BCUT2D eigenvalue weighted by Gasteiger charge is -2.14. The highest BCUT2D eigenvalue weighted by Crippen LogP contribution is 2.25. The van der Waals surface area contributed by atoms with Crippen molar-refractivity contribution in [1.82, 2.24) is 19.3 Å². The smallest absolute Gasteiger partial charge is 0.406 e. The van der Waals surface area contributed by atoms with Crippen molar-refractivity contribution in [2.75, 3.05) is 0 Å². The van der Waals surface area contributed by atoms with Gasteiger partial charge in [0.2, 0.25) is 5.91 Å². The summed E-state index contributed by atoms with van der Waals surface area (Å²) < 4.78 is 44.6. The number of carbonyl (C=O) groups is 1. The van der Waals surface area contributed by atoms with E-state index in [0.29, 0.717) is 22.7 Å². The molecule has 3 aromatic carbocycles. The molecule has 42 heavy (non-hydrogen) atoms. The number of thiazole rings is 1. The lowest BCUT2D eigenvalue weighted by molar-refractivity contribution is -0.274. The average Bonchev–Trinajstić information content (AvgIpc) is 3.55. The van der Waals surface area contributed by atoms with Crippen molar-refractivity contribution < 1.29 is 22.7 Å². The SMILES string of the molecule is Cc1cc(C)c(-n2c(C)csc2=NC(=O)CCc2ccc(-c3ncn(-c4ccc(OC(F)(F)F)cc4)n3)cc2)c(C)c1. The average molecular weight is 592 g/mol. The topological polar surface area (TPSA) is 74.3 Å². The van der Waals surface area contributed by atoms with Crippen LogP contribution in [0.4, 0.5) is 13.2 Å². The molecule has 1 amide bonds. The summed E-state index contributed by atoms with van der Waals surface area (Å²) in [6, 6.07) is 17.2. The molecule has 5 aromatic rings. The van der Waals surface area contributed by atoms with Gasteiger partial charge < -0.3 is 4.74 Å². The van der Waals surface area contributed by atoms with Gasteiger partial charge in [-0.05, 0) is 75.1 Å². The Labute approximate surface area is 244 Å². The van der Waals surface area contributed by atoms with Crippen LogP contribution in [0.3, 0.4) is 0 Å². The van der Waals surface area contributed by atoms with Gasteiger partial charge in [-0.2, -0.15) is 4.99 Å². The summed E-state index contributed by atoms with van der Waals surface area (Å²) in [6.07, 6.45) is -2.46. The molecule has 0 N–H and O–H groups in total. The van der Waals surface area contributed by atoms with E-state index in [1.807, 2.05) is 36.6 Å². The first-order chi connectivity index (χ1) is 20.0. The molecule has 216 valence electrons. The predicted octanol–water partition coefficient (Wildman–Crippen LogP) is 6.98. The zero-order valence-electron chi connectivity index (χ0n) is 23.4. The van der Waals surface area contributed by atoms with Crippen molar-refractivity contribution in [3.63, 3.8) is 0 Å². The van der Waals surface area contributed by atoms with E-state index in [1.165, 1.54) is 52.2 Å². The Kier molecular flexibility index (Phi) is 8.13. The summed E-state index contributed by atoms with van der Waals surface area (Å²) in [5, 5.41) is 6.44. The molecule has 0 aliphatic carbocycles. The summed E-state index contributed by atoms with van der Waals surface area (Å²) >= 11 is 1.45. The molecule has 0 bridgehead atoms. The van der Waals surface area contributed by atoms with Gasteiger partial charge in [-0.1, -0.05) is 42.0 Å². The maximum atomic E-state index is 12.9. The summed E-state index contributed by atoms with van der Waals surface area (Å²) in [6.45, 7) is 8.23. The number of carbonyl (C=O) groups excluding carboxylic acids is 1. The Balaban J connectivity index is 1.25. The second-order valence-corrected chi connectivity index (χ2v) is 10.8. The number of nitrogens with zero attached hydrogens (tertiary/aromatic N) is 5. The molecule has 7 nitrogen and oxygen atoms in total. The Morgan fingerprint density at radius 2 is 1.64 bits per heavy atom. The number of benzene rings is 3. The lowest BCUT2D eigenvalue weighted by Crippen LogP contribution is -2.18. The largest absolute Gasteiger partial charge is 0.573 e. The zero-order valence-corrected chi connectivity index (χ0v) is 24.3. The number of hydrogen-bond acceptors (Lipinski definition) is 5. The number of hydrogen-bond donors (Lipinski definition) is 0. The van der Waals surface area contributed by atoms with E-state index in [4.69, 9.17) is 0 Å². The molecule has 0 atom stereocenters. The van der Waals surface area contributed by atoms with E-state index >= 15 is 0 Å². The quantitative estimate of drug-likeness (QED) is 0.205. The van der Waals surface area contributed by atoms with Gasteiger partial charge in [0.15, 0.2) is 10.6 Å². The molecular formula is C31H28F3N5O2S. The lowest BCUT2D eigenvalue weighted by atomic mass is 10.0. The number of aromatic nitrogens is 4. The summed E-state index contributed by atoms with van der Waals surface area (Å²) in [7, 11) is 0. The van der Waals surface area contributed by atoms with E-state index < -0.39 is 6.36 Å². The van der Waals surface area contributed by atoms with Crippen LogP contribution in [0.25, 0.3) is 22.8 Å². The van der Waals surface area contributed by atoms with Crippen molar-refractivity contribution in [2.45, 2.75) is 46.9 Å². The first kappa shape index (κ1) is 29.0. The molecule has 2 heterocycles. The van der Waals surface area contributed by atoms with E-state index in [0.717, 1.165) is 33.6 Å². The highest BCUT2D eigenvalue weighted by atomic mass is 32.1. The van der Waals surface area contributed by atoms with Crippen LogP contribution in [0.15, 0.2) is 77.4 Å². The predicted molar refractivity (Wildman–Crippen MR) is 155 cm³/mol. The minimum absolute atomic E-state index is 0.191. The highest BCUT2D eigenvalue weighted by molar-refractivity contribution is 7.07. The van der Waals surface area contributed by atoms with Gasteiger partial charge in [0.05, 0.1) is 11.4 Å². The number of halogens is 3. The van der Waals surface area contributed by atoms with Gasteiger partial charge in [0.1, 0.15) is 12.1 Å². The second-order valence-electron chi connectivity index (χ2n) is 10.00. The van der Waals surface area contributed by atoms with Crippen LogP contribution in [0.5, 0.6) is 5.75 Å². The van der Waals surface area contributed by atoms with Crippen LogP contribution in [0.2, 0.25) is 0 Å². The second kappa shape index (κ2) is 11.8. The molecule has 0 radical (unpaired) electrons. The highest BCUT2D eigenvalue weighted by Gasteiger charge is 2.31. The Morgan fingerprint density at radius 3 is 2.29 bits per heavy atom. The fourth-order valence-electron chi connectivity index (χ4n) is 4.82. The fraction of sp³-hybridized carbons (Fsp3) is 0.226. The third-order valence-corrected chi connectivity index (χ3v) is 7.57. The molecule has 0 spiro atoms. The number of alkyl halides is 3. The maximum absolute atomic E-state index is 12.9. The van der Waals surface area contributed by atoms with Crippen LogP contribution < -0.4 is 9.54 Å². The van der Waals surface area contributed by atoms with Crippen molar-refractivity contribution in [3.8, 4) is 28.5 Å². The number of rotatable bonds is 7. The Bertz CT molecular complexity index is 1780. The van der Waals surface area contributed by atoms with Gasteiger partial charge in [0.25, 0.3) is 0 Å². The molecule has 0 saturated carbocycles. The van der Waals surface area contributed by atoms with Crippen LogP contribution in [0, 0.1) is 27.7 Å². The number of amides is 1. The third-order valence-electron chi connectivity index (χ3n) is 6.62. The molecule has 0 unspecified atom stereocenters. The van der Waals surface area contributed by atoms with Gasteiger partial charge in [-0.3, -0.25) is 9.36 Å². The van der Waals surface area contributed by atoms with Crippen LogP contribution in [-0.2, 0) is 11.2 Å². The number of aryl methyl sites for hydroxylation is 5. The summed E-state index contributed by atoms with van der Waals surface area (Å²) in [5.74, 6) is -0.0404. The van der Waals surface area contributed by atoms with E-state index in [9.17, 15) is 18.0 Å². The van der Waals surface area contributed by atoms with Crippen LogP contribution >= 0.6 is 11.3 Å². The molecule has 11 heteroatoms. The molecule has 0 fully saturated rings. The minimum Gasteiger partial charge on any atom is -0.406 e. The van der Waals surface area contributed by atoms with Crippen molar-refractivity contribution in [2.24, 2.45) is 4.99 Å². The molecule has 0 saturated heterocycles. The van der Waals surface area contributed by atoms with E-state index in [2.05, 4.69) is 57.3 Å².